The van der Waals surface area contributed by atoms with E-state index < -0.39 is 10.9 Å². The first-order valence-electron chi connectivity index (χ1n) is 7.29. The van der Waals surface area contributed by atoms with Gasteiger partial charge in [-0.2, -0.15) is 4.68 Å². The second kappa shape index (κ2) is 6.41. The van der Waals surface area contributed by atoms with Gasteiger partial charge in [-0.3, -0.25) is 9.78 Å². The summed E-state index contributed by atoms with van der Waals surface area (Å²) in [4.78, 5) is 30.1. The van der Waals surface area contributed by atoms with Crippen LogP contribution in [0.3, 0.4) is 0 Å². The zero-order valence-electron chi connectivity index (χ0n) is 12.8. The lowest BCUT2D eigenvalue weighted by Crippen LogP contribution is -2.19. The van der Waals surface area contributed by atoms with Crippen molar-refractivity contribution in [1.29, 1.82) is 0 Å². The van der Waals surface area contributed by atoms with Crippen molar-refractivity contribution in [2.45, 2.75) is 19.9 Å². The van der Waals surface area contributed by atoms with Crippen molar-refractivity contribution in [3.8, 4) is 0 Å². The van der Waals surface area contributed by atoms with E-state index in [1.165, 1.54) is 0 Å². The predicted molar refractivity (Wildman–Crippen MR) is 86.4 cm³/mol. The van der Waals surface area contributed by atoms with E-state index in [1.807, 2.05) is 37.3 Å². The Morgan fingerprint density at radius 1 is 1.38 bits per heavy atom. The zero-order chi connectivity index (χ0) is 17.1. The van der Waals surface area contributed by atoms with Crippen LogP contribution in [0.1, 0.15) is 12.6 Å². The van der Waals surface area contributed by atoms with Crippen LogP contribution in [0.15, 0.2) is 36.7 Å². The number of benzene rings is 1. The van der Waals surface area contributed by atoms with Crippen molar-refractivity contribution in [3.05, 3.63) is 52.5 Å². The molecule has 122 valence electrons. The lowest BCUT2D eigenvalue weighted by atomic mass is 10.1. The number of amides is 1. The van der Waals surface area contributed by atoms with Crippen molar-refractivity contribution in [3.63, 3.8) is 0 Å². The van der Waals surface area contributed by atoms with E-state index in [0.29, 0.717) is 5.69 Å². The number of carbonyl (C=O) groups is 1. The van der Waals surface area contributed by atoms with Crippen LogP contribution in [-0.2, 0) is 17.8 Å². The number of nitro groups is 1. The second-order valence-electron chi connectivity index (χ2n) is 5.08. The smallest absolute Gasteiger partial charge is 0.390 e. The molecule has 0 radical (unpaired) electrons. The lowest BCUT2D eigenvalue weighted by Gasteiger charge is -2.10. The number of rotatable bonds is 5. The molecule has 1 aromatic carbocycles. The van der Waals surface area contributed by atoms with Gasteiger partial charge in [0.25, 0.3) is 0 Å². The van der Waals surface area contributed by atoms with Gasteiger partial charge in [0.1, 0.15) is 6.54 Å². The maximum Gasteiger partial charge on any atom is 0.490 e. The Labute approximate surface area is 136 Å². The van der Waals surface area contributed by atoms with Gasteiger partial charge in [-0.1, -0.05) is 30.1 Å². The average molecular weight is 326 g/mol. The van der Waals surface area contributed by atoms with Crippen molar-refractivity contribution in [2.75, 3.05) is 5.32 Å². The maximum absolute atomic E-state index is 12.2. The minimum Gasteiger partial charge on any atom is -0.390 e. The first-order valence-corrected chi connectivity index (χ1v) is 7.29. The molecule has 0 saturated carbocycles. The van der Waals surface area contributed by atoms with Gasteiger partial charge in [0, 0.05) is 16.2 Å². The minimum absolute atomic E-state index is 0.168. The van der Waals surface area contributed by atoms with Gasteiger partial charge < -0.3 is 15.4 Å². The first kappa shape index (κ1) is 15.5. The molecule has 0 bridgehead atoms. The number of nitrogens with zero attached hydrogens (tertiary/aromatic N) is 5. The highest BCUT2D eigenvalue weighted by molar-refractivity contribution is 6.00. The highest BCUT2D eigenvalue weighted by Gasteiger charge is 2.16. The summed E-state index contributed by atoms with van der Waals surface area (Å²) in [6.07, 6.45) is 1.89. The molecule has 2 aromatic heterocycles. The molecular formula is C15H14N6O3. The Balaban J connectivity index is 1.83. The van der Waals surface area contributed by atoms with Crippen LogP contribution in [0, 0.1) is 10.1 Å². The van der Waals surface area contributed by atoms with E-state index in [2.05, 4.69) is 20.4 Å². The summed E-state index contributed by atoms with van der Waals surface area (Å²) in [7, 11) is 0. The van der Waals surface area contributed by atoms with E-state index in [4.69, 9.17) is 0 Å². The minimum atomic E-state index is -0.710. The zero-order valence-corrected chi connectivity index (χ0v) is 12.8. The second-order valence-corrected chi connectivity index (χ2v) is 5.08. The molecule has 0 atom stereocenters. The Bertz CT molecular complexity index is 920. The Kier molecular flexibility index (Phi) is 4.15. The molecule has 1 N–H and O–H groups in total. The van der Waals surface area contributed by atoms with Crippen molar-refractivity contribution >= 4 is 28.4 Å². The van der Waals surface area contributed by atoms with Crippen molar-refractivity contribution in [2.24, 2.45) is 0 Å². The summed E-state index contributed by atoms with van der Waals surface area (Å²) in [6.45, 7) is 1.82. The molecule has 3 rings (SSSR count). The molecule has 0 unspecified atom stereocenters. The molecule has 0 aliphatic rings. The first-order chi connectivity index (χ1) is 11.6. The highest BCUT2D eigenvalue weighted by Crippen LogP contribution is 2.23. The average Bonchev–Trinajstić information content (AvgIpc) is 3.03. The standard InChI is InChI=1S/C15H14N6O3/c1-2-10-7-13(11-5-3-4-6-12(11)17-10)18-14(22)8-20-9-16-15(19-20)21(23)24/h3-7,9H,2,8H2,1H3,(H,17,18,22). The number of carbonyl (C=O) groups excluding carboxylic acids is 1. The number of pyridine rings is 1. The van der Waals surface area contributed by atoms with Crippen molar-refractivity contribution in [1.82, 2.24) is 19.7 Å². The number of aryl methyl sites for hydroxylation is 1. The molecule has 9 nitrogen and oxygen atoms in total. The van der Waals surface area contributed by atoms with Crippen molar-refractivity contribution < 1.29 is 9.72 Å². The van der Waals surface area contributed by atoms with Crippen LogP contribution >= 0.6 is 0 Å². The molecule has 0 fully saturated rings. The summed E-state index contributed by atoms with van der Waals surface area (Å²) < 4.78 is 1.12. The van der Waals surface area contributed by atoms with E-state index in [0.717, 1.165) is 34.0 Å². The van der Waals surface area contributed by atoms with E-state index >= 15 is 0 Å². The number of hydrogen-bond donors (Lipinski definition) is 1. The predicted octanol–water partition coefficient (Wildman–Crippen LogP) is 1.94. The van der Waals surface area contributed by atoms with E-state index in [1.54, 1.807) is 0 Å². The van der Waals surface area contributed by atoms with Crippen LogP contribution in [-0.4, -0.2) is 30.6 Å². The number of hydrogen-bond acceptors (Lipinski definition) is 6. The topological polar surface area (TPSA) is 116 Å². The van der Waals surface area contributed by atoms with E-state index in [-0.39, 0.29) is 12.5 Å². The summed E-state index contributed by atoms with van der Waals surface area (Å²) in [5.74, 6) is -0.890. The molecule has 1 amide bonds. The van der Waals surface area contributed by atoms with Gasteiger partial charge in [-0.25, -0.2) is 0 Å². The van der Waals surface area contributed by atoms with Gasteiger partial charge in [0.2, 0.25) is 12.2 Å². The Morgan fingerprint density at radius 3 is 2.88 bits per heavy atom. The molecule has 3 aromatic rings. The highest BCUT2D eigenvalue weighted by atomic mass is 16.6. The monoisotopic (exact) mass is 326 g/mol. The largest absolute Gasteiger partial charge is 0.490 e. The van der Waals surface area contributed by atoms with Crippen LogP contribution < -0.4 is 5.32 Å². The number of nitrogens with one attached hydrogen (secondary N) is 1. The fourth-order valence-electron chi connectivity index (χ4n) is 2.30. The molecular weight excluding hydrogens is 312 g/mol. The maximum atomic E-state index is 12.2. The van der Waals surface area contributed by atoms with Gasteiger partial charge in [0.05, 0.1) is 11.2 Å². The number of para-hydroxylation sites is 1. The molecule has 2 heterocycles. The molecule has 0 aliphatic carbocycles. The summed E-state index contributed by atoms with van der Waals surface area (Å²) >= 11 is 0. The quantitative estimate of drug-likeness (QED) is 0.566. The molecule has 9 heteroatoms. The van der Waals surface area contributed by atoms with Gasteiger partial charge in [0.15, 0.2) is 0 Å². The lowest BCUT2D eigenvalue weighted by molar-refractivity contribution is -0.394. The number of fused-ring (bicyclic) bond motifs is 1. The molecule has 0 aliphatic heterocycles. The third-order valence-electron chi connectivity index (χ3n) is 3.40. The summed E-state index contributed by atoms with van der Waals surface area (Å²) in [5.41, 5.74) is 2.31. The molecule has 0 saturated heterocycles. The Hall–Kier alpha value is -3.36. The van der Waals surface area contributed by atoms with Crippen LogP contribution in [0.4, 0.5) is 11.6 Å². The van der Waals surface area contributed by atoms with E-state index in [9.17, 15) is 14.9 Å². The molecule has 0 spiro atoms. The third-order valence-corrected chi connectivity index (χ3v) is 3.40. The fraction of sp³-hybridized carbons (Fsp3) is 0.200. The Morgan fingerprint density at radius 2 is 2.17 bits per heavy atom. The van der Waals surface area contributed by atoms with Crippen LogP contribution in [0.5, 0.6) is 0 Å². The fourth-order valence-corrected chi connectivity index (χ4v) is 2.30. The normalized spacial score (nSPS) is 10.7. The van der Waals surface area contributed by atoms with Crippen LogP contribution in [0.25, 0.3) is 10.9 Å². The summed E-state index contributed by atoms with van der Waals surface area (Å²) in [6, 6.07) is 9.33. The molecule has 24 heavy (non-hydrogen) atoms. The SMILES string of the molecule is CCc1cc(NC(=O)Cn2cnc([N+](=O)[O-])n2)c2ccccc2n1. The van der Waals surface area contributed by atoms with Gasteiger partial charge >= 0.3 is 5.95 Å². The number of anilines is 1. The van der Waals surface area contributed by atoms with Crippen LogP contribution in [0.2, 0.25) is 0 Å². The van der Waals surface area contributed by atoms with Gasteiger partial charge in [-0.05, 0) is 23.5 Å². The summed E-state index contributed by atoms with van der Waals surface area (Å²) in [5, 5.41) is 17.8. The third kappa shape index (κ3) is 3.19. The number of aromatic nitrogens is 4. The van der Waals surface area contributed by atoms with Gasteiger partial charge in [-0.15, -0.1) is 0 Å².